The van der Waals surface area contributed by atoms with Crippen LogP contribution in [0.4, 0.5) is 15.8 Å². The molecular weight excluding hydrogens is 349 g/mol. The van der Waals surface area contributed by atoms with Gasteiger partial charge in [-0.05, 0) is 37.3 Å². The Morgan fingerprint density at radius 1 is 1.11 bits per heavy atom. The number of hydrogen-bond donors (Lipinski definition) is 2. The fourth-order valence-corrected chi connectivity index (χ4v) is 2.86. The van der Waals surface area contributed by atoms with E-state index in [-0.39, 0.29) is 5.91 Å². The Labute approximate surface area is 157 Å². The summed E-state index contributed by atoms with van der Waals surface area (Å²) in [5, 5.41) is 5.38. The van der Waals surface area contributed by atoms with Crippen LogP contribution in [0.1, 0.15) is 17.3 Å². The Bertz CT molecular complexity index is 807. The number of amides is 2. The summed E-state index contributed by atoms with van der Waals surface area (Å²) in [5.74, 6) is -1.20. The minimum atomic E-state index is -0.779. The molecule has 142 valence electrons. The molecule has 1 fully saturated rings. The fraction of sp³-hybridized carbons (Fsp3) is 0.300. The highest BCUT2D eigenvalue weighted by Crippen LogP contribution is 2.27. The van der Waals surface area contributed by atoms with Gasteiger partial charge in [0.2, 0.25) is 5.91 Å². The molecule has 0 bridgehead atoms. The zero-order valence-electron chi connectivity index (χ0n) is 15.1. The topological polar surface area (TPSA) is 70.7 Å². The molecule has 27 heavy (non-hydrogen) atoms. The van der Waals surface area contributed by atoms with Gasteiger partial charge in [-0.3, -0.25) is 9.59 Å². The lowest BCUT2D eigenvalue weighted by Crippen LogP contribution is -2.42. The monoisotopic (exact) mass is 371 g/mol. The second kappa shape index (κ2) is 8.64. The van der Waals surface area contributed by atoms with Crippen molar-refractivity contribution in [2.24, 2.45) is 0 Å². The number of ether oxygens (including phenoxy) is 1. The molecule has 0 aliphatic carbocycles. The van der Waals surface area contributed by atoms with Gasteiger partial charge >= 0.3 is 0 Å². The number of nitrogens with one attached hydrogen (secondary N) is 2. The molecule has 2 aromatic carbocycles. The lowest BCUT2D eigenvalue weighted by Gasteiger charge is -2.30. The molecule has 1 atom stereocenters. The van der Waals surface area contributed by atoms with Crippen LogP contribution in [0.15, 0.2) is 48.5 Å². The second-order valence-corrected chi connectivity index (χ2v) is 6.31. The molecule has 2 amide bonds. The smallest absolute Gasteiger partial charge is 0.251 e. The number of nitrogens with zero attached hydrogens (tertiary/aromatic N) is 1. The quantitative estimate of drug-likeness (QED) is 0.847. The van der Waals surface area contributed by atoms with Crippen molar-refractivity contribution in [3.05, 3.63) is 59.9 Å². The number of benzene rings is 2. The molecule has 1 aliphatic heterocycles. The molecule has 7 heteroatoms. The molecule has 0 spiro atoms. The molecular formula is C20H22FN3O3. The van der Waals surface area contributed by atoms with Crippen molar-refractivity contribution >= 4 is 23.2 Å². The van der Waals surface area contributed by atoms with Crippen molar-refractivity contribution in [1.29, 1.82) is 0 Å². The lowest BCUT2D eigenvalue weighted by atomic mass is 10.2. The highest BCUT2D eigenvalue weighted by atomic mass is 19.1. The van der Waals surface area contributed by atoms with E-state index in [0.29, 0.717) is 37.6 Å². The van der Waals surface area contributed by atoms with Crippen LogP contribution >= 0.6 is 0 Å². The van der Waals surface area contributed by atoms with Gasteiger partial charge in [-0.15, -0.1) is 0 Å². The van der Waals surface area contributed by atoms with Gasteiger partial charge in [0.1, 0.15) is 11.9 Å². The molecule has 1 heterocycles. The second-order valence-electron chi connectivity index (χ2n) is 6.31. The first-order valence-electron chi connectivity index (χ1n) is 8.83. The minimum absolute atomic E-state index is 0.342. The molecule has 0 saturated carbocycles. The number of anilines is 2. The van der Waals surface area contributed by atoms with E-state index < -0.39 is 17.8 Å². The first-order chi connectivity index (χ1) is 13.0. The summed E-state index contributed by atoms with van der Waals surface area (Å²) in [4.78, 5) is 26.8. The molecule has 0 radical (unpaired) electrons. The van der Waals surface area contributed by atoms with Crippen LogP contribution in [0.25, 0.3) is 0 Å². The average molecular weight is 371 g/mol. The maximum atomic E-state index is 13.7. The van der Waals surface area contributed by atoms with Crippen LogP contribution in [0.3, 0.4) is 0 Å². The van der Waals surface area contributed by atoms with Gasteiger partial charge in [0.15, 0.2) is 0 Å². The van der Waals surface area contributed by atoms with Crippen LogP contribution < -0.4 is 15.5 Å². The number of carbonyl (C=O) groups is 2. The molecule has 2 N–H and O–H groups in total. The maximum Gasteiger partial charge on any atom is 0.251 e. The molecule has 1 unspecified atom stereocenters. The van der Waals surface area contributed by atoms with E-state index in [1.165, 1.54) is 12.1 Å². The standard InChI is InChI=1S/C20H22FN3O3/c1-14(22-20(26)15-5-3-2-4-6-15)19(25)23-17-13-16(21)7-8-18(17)24-9-11-27-12-10-24/h2-8,13-14H,9-12H2,1H3,(H,22,26)(H,23,25). The summed E-state index contributed by atoms with van der Waals surface area (Å²) in [6.07, 6.45) is 0. The third-order valence-corrected chi connectivity index (χ3v) is 4.35. The number of hydrogen-bond acceptors (Lipinski definition) is 4. The van der Waals surface area contributed by atoms with E-state index in [9.17, 15) is 14.0 Å². The average Bonchev–Trinajstić information content (AvgIpc) is 2.69. The summed E-state index contributed by atoms with van der Waals surface area (Å²) < 4.78 is 19.1. The molecule has 1 saturated heterocycles. The van der Waals surface area contributed by atoms with Gasteiger partial charge in [-0.25, -0.2) is 4.39 Å². The fourth-order valence-electron chi connectivity index (χ4n) is 2.86. The molecule has 3 rings (SSSR count). The lowest BCUT2D eigenvalue weighted by molar-refractivity contribution is -0.117. The molecule has 2 aromatic rings. The van der Waals surface area contributed by atoms with Gasteiger partial charge in [0.05, 0.1) is 24.6 Å². The first-order valence-corrected chi connectivity index (χ1v) is 8.83. The number of carbonyl (C=O) groups excluding carboxylic acids is 2. The Balaban J connectivity index is 1.69. The normalized spacial score (nSPS) is 15.1. The molecule has 1 aliphatic rings. The van der Waals surface area contributed by atoms with Crippen LogP contribution in [0, 0.1) is 5.82 Å². The van der Waals surface area contributed by atoms with E-state index in [1.54, 1.807) is 37.3 Å². The van der Waals surface area contributed by atoms with Crippen LogP contribution in [-0.2, 0) is 9.53 Å². The third kappa shape index (κ3) is 4.83. The van der Waals surface area contributed by atoms with E-state index >= 15 is 0 Å². The van der Waals surface area contributed by atoms with E-state index in [1.807, 2.05) is 11.0 Å². The Hall–Kier alpha value is -2.93. The summed E-state index contributed by atoms with van der Waals surface area (Å²) >= 11 is 0. The van der Waals surface area contributed by atoms with Gasteiger partial charge in [0, 0.05) is 18.7 Å². The van der Waals surface area contributed by atoms with Crippen LogP contribution in [0.5, 0.6) is 0 Å². The van der Waals surface area contributed by atoms with Gasteiger partial charge in [-0.2, -0.15) is 0 Å². The Kier molecular flexibility index (Phi) is 6.03. The van der Waals surface area contributed by atoms with E-state index in [0.717, 1.165) is 5.69 Å². The van der Waals surface area contributed by atoms with Crippen molar-refractivity contribution in [3.8, 4) is 0 Å². The first kappa shape index (κ1) is 18.8. The SMILES string of the molecule is CC(NC(=O)c1ccccc1)C(=O)Nc1cc(F)ccc1N1CCOCC1. The highest BCUT2D eigenvalue weighted by Gasteiger charge is 2.20. The van der Waals surface area contributed by atoms with E-state index in [2.05, 4.69) is 10.6 Å². The number of halogens is 1. The largest absolute Gasteiger partial charge is 0.378 e. The molecule has 0 aromatic heterocycles. The van der Waals surface area contributed by atoms with Crippen molar-refractivity contribution in [2.45, 2.75) is 13.0 Å². The van der Waals surface area contributed by atoms with Gasteiger partial charge < -0.3 is 20.3 Å². The van der Waals surface area contributed by atoms with Crippen molar-refractivity contribution in [2.75, 3.05) is 36.5 Å². The summed E-state index contributed by atoms with van der Waals surface area (Å²) in [6.45, 7) is 4.07. The third-order valence-electron chi connectivity index (χ3n) is 4.35. The zero-order chi connectivity index (χ0) is 19.2. The van der Waals surface area contributed by atoms with Crippen LogP contribution in [0.2, 0.25) is 0 Å². The minimum Gasteiger partial charge on any atom is -0.378 e. The van der Waals surface area contributed by atoms with Gasteiger partial charge in [0.25, 0.3) is 5.91 Å². The van der Waals surface area contributed by atoms with Crippen LogP contribution in [-0.4, -0.2) is 44.2 Å². The van der Waals surface area contributed by atoms with Gasteiger partial charge in [-0.1, -0.05) is 18.2 Å². The predicted molar refractivity (Wildman–Crippen MR) is 101 cm³/mol. The maximum absolute atomic E-state index is 13.7. The van der Waals surface area contributed by atoms with Crippen molar-refractivity contribution < 1.29 is 18.7 Å². The number of morpholine rings is 1. The van der Waals surface area contributed by atoms with Crippen molar-refractivity contribution in [1.82, 2.24) is 5.32 Å². The summed E-state index contributed by atoms with van der Waals surface area (Å²) in [5.41, 5.74) is 1.58. The summed E-state index contributed by atoms with van der Waals surface area (Å²) in [6, 6.07) is 12.2. The van der Waals surface area contributed by atoms with Crippen molar-refractivity contribution in [3.63, 3.8) is 0 Å². The number of rotatable bonds is 5. The Morgan fingerprint density at radius 2 is 1.81 bits per heavy atom. The zero-order valence-corrected chi connectivity index (χ0v) is 15.1. The van der Waals surface area contributed by atoms with E-state index in [4.69, 9.17) is 4.74 Å². The molecule has 6 nitrogen and oxygen atoms in total. The summed E-state index contributed by atoms with van der Waals surface area (Å²) in [7, 11) is 0. The Morgan fingerprint density at radius 3 is 2.52 bits per heavy atom. The predicted octanol–water partition coefficient (Wildman–Crippen LogP) is 2.42. The highest BCUT2D eigenvalue weighted by molar-refractivity contribution is 6.02.